The first kappa shape index (κ1) is 12.3. The van der Waals surface area contributed by atoms with Gasteiger partial charge in [0.1, 0.15) is 11.6 Å². The molecule has 1 heterocycles. The molecule has 100 valence electrons. The number of aromatic amines is 1. The predicted octanol–water partition coefficient (Wildman–Crippen LogP) is 3.58. The molecule has 0 atom stereocenters. The number of halogens is 1. The molecule has 2 aromatic rings. The molecule has 1 aromatic heterocycles. The van der Waals surface area contributed by atoms with Crippen LogP contribution in [-0.4, -0.2) is 15.2 Å². The minimum absolute atomic E-state index is 0.182. The molecule has 19 heavy (non-hydrogen) atoms. The number of nitrogens with one attached hydrogen (secondary N) is 1. The third-order valence-electron chi connectivity index (χ3n) is 3.84. The Morgan fingerprint density at radius 3 is 2.74 bits per heavy atom. The van der Waals surface area contributed by atoms with E-state index < -0.39 is 0 Å². The van der Waals surface area contributed by atoms with E-state index in [9.17, 15) is 4.39 Å². The quantitative estimate of drug-likeness (QED) is 0.915. The highest BCUT2D eigenvalue weighted by molar-refractivity contribution is 5.21. The summed E-state index contributed by atoms with van der Waals surface area (Å²) in [7, 11) is 0. The molecule has 0 unspecified atom stereocenters. The van der Waals surface area contributed by atoms with Crippen molar-refractivity contribution >= 4 is 0 Å². The van der Waals surface area contributed by atoms with Crippen LogP contribution in [0.25, 0.3) is 0 Å². The molecule has 1 N–H and O–H groups in total. The Hall–Kier alpha value is -1.71. The van der Waals surface area contributed by atoms with Crippen LogP contribution in [0.15, 0.2) is 24.3 Å². The number of H-pyrrole nitrogens is 1. The van der Waals surface area contributed by atoms with Crippen LogP contribution in [0.2, 0.25) is 0 Å². The van der Waals surface area contributed by atoms with Gasteiger partial charge in [-0.2, -0.15) is 5.10 Å². The van der Waals surface area contributed by atoms with Crippen molar-refractivity contribution in [3.05, 3.63) is 47.3 Å². The Bertz CT molecular complexity index is 544. The van der Waals surface area contributed by atoms with Gasteiger partial charge in [0.25, 0.3) is 0 Å². The van der Waals surface area contributed by atoms with Crippen LogP contribution < -0.4 is 0 Å². The van der Waals surface area contributed by atoms with E-state index in [0.29, 0.717) is 17.9 Å². The van der Waals surface area contributed by atoms with Gasteiger partial charge in [0.2, 0.25) is 0 Å². The van der Waals surface area contributed by atoms with Gasteiger partial charge in [-0.15, -0.1) is 0 Å². The lowest BCUT2D eigenvalue weighted by atomic mass is 9.89. The molecule has 0 spiro atoms. The molecule has 0 saturated heterocycles. The molecular formula is C15H18FN3. The maximum Gasteiger partial charge on any atom is 0.153 e. The van der Waals surface area contributed by atoms with Gasteiger partial charge in [0.05, 0.1) is 0 Å². The van der Waals surface area contributed by atoms with Gasteiger partial charge in [-0.1, -0.05) is 37.5 Å². The molecule has 1 aromatic carbocycles. The SMILES string of the molecule is Fc1ccccc1Cc1nc(C2CCCCC2)n[nH]1. The van der Waals surface area contributed by atoms with Crippen molar-refractivity contribution in [3.8, 4) is 0 Å². The molecule has 0 bridgehead atoms. The first-order chi connectivity index (χ1) is 9.33. The summed E-state index contributed by atoms with van der Waals surface area (Å²) in [5.41, 5.74) is 0.661. The van der Waals surface area contributed by atoms with E-state index in [1.54, 1.807) is 12.1 Å². The summed E-state index contributed by atoms with van der Waals surface area (Å²) >= 11 is 0. The molecule has 4 heteroatoms. The Labute approximate surface area is 112 Å². The zero-order valence-corrected chi connectivity index (χ0v) is 10.9. The van der Waals surface area contributed by atoms with Crippen molar-refractivity contribution < 1.29 is 4.39 Å². The zero-order chi connectivity index (χ0) is 13.1. The summed E-state index contributed by atoms with van der Waals surface area (Å²) in [4.78, 5) is 4.54. The molecule has 1 fully saturated rings. The van der Waals surface area contributed by atoms with E-state index in [0.717, 1.165) is 11.6 Å². The number of rotatable bonds is 3. The smallest absolute Gasteiger partial charge is 0.153 e. The molecule has 3 nitrogen and oxygen atoms in total. The summed E-state index contributed by atoms with van der Waals surface area (Å²) in [5, 5.41) is 7.26. The monoisotopic (exact) mass is 259 g/mol. The third-order valence-corrected chi connectivity index (χ3v) is 3.84. The third kappa shape index (κ3) is 2.83. The van der Waals surface area contributed by atoms with Crippen LogP contribution in [0.5, 0.6) is 0 Å². The lowest BCUT2D eigenvalue weighted by Crippen LogP contribution is -2.06. The number of benzene rings is 1. The number of nitrogens with zero attached hydrogens (tertiary/aromatic N) is 2. The van der Waals surface area contributed by atoms with Gasteiger partial charge in [0.15, 0.2) is 5.82 Å². The van der Waals surface area contributed by atoms with Gasteiger partial charge in [0, 0.05) is 12.3 Å². The summed E-state index contributed by atoms with van der Waals surface area (Å²) in [6.07, 6.45) is 6.69. The van der Waals surface area contributed by atoms with Crippen LogP contribution in [0.1, 0.15) is 55.2 Å². The van der Waals surface area contributed by atoms with Crippen molar-refractivity contribution in [2.24, 2.45) is 0 Å². The molecular weight excluding hydrogens is 241 g/mol. The average Bonchev–Trinajstić information content (AvgIpc) is 2.91. The summed E-state index contributed by atoms with van der Waals surface area (Å²) < 4.78 is 13.6. The molecule has 0 amide bonds. The first-order valence-electron chi connectivity index (χ1n) is 6.97. The van der Waals surface area contributed by atoms with Gasteiger partial charge in [-0.25, -0.2) is 9.37 Å². The number of aromatic nitrogens is 3. The maximum atomic E-state index is 13.6. The Balaban J connectivity index is 1.73. The molecule has 1 aliphatic carbocycles. The van der Waals surface area contributed by atoms with E-state index in [1.165, 1.54) is 38.2 Å². The second-order valence-electron chi connectivity index (χ2n) is 5.24. The predicted molar refractivity (Wildman–Crippen MR) is 71.4 cm³/mol. The van der Waals surface area contributed by atoms with E-state index in [2.05, 4.69) is 15.2 Å². The van der Waals surface area contributed by atoms with E-state index in [-0.39, 0.29) is 5.82 Å². The summed E-state index contributed by atoms with van der Waals surface area (Å²) in [6, 6.07) is 6.81. The van der Waals surface area contributed by atoms with Gasteiger partial charge < -0.3 is 0 Å². The van der Waals surface area contributed by atoms with E-state index in [1.807, 2.05) is 6.07 Å². The Kier molecular flexibility index (Phi) is 3.58. The summed E-state index contributed by atoms with van der Waals surface area (Å²) in [5.74, 6) is 1.97. The Morgan fingerprint density at radius 1 is 1.16 bits per heavy atom. The minimum atomic E-state index is -0.182. The normalized spacial score (nSPS) is 16.7. The van der Waals surface area contributed by atoms with E-state index in [4.69, 9.17) is 0 Å². The minimum Gasteiger partial charge on any atom is -0.263 e. The topological polar surface area (TPSA) is 41.6 Å². The van der Waals surface area contributed by atoms with Crippen molar-refractivity contribution in [1.29, 1.82) is 0 Å². The average molecular weight is 259 g/mol. The highest BCUT2D eigenvalue weighted by Gasteiger charge is 2.19. The zero-order valence-electron chi connectivity index (χ0n) is 10.9. The van der Waals surface area contributed by atoms with Crippen molar-refractivity contribution in [2.45, 2.75) is 44.4 Å². The van der Waals surface area contributed by atoms with Crippen molar-refractivity contribution in [1.82, 2.24) is 15.2 Å². The van der Waals surface area contributed by atoms with Gasteiger partial charge >= 0.3 is 0 Å². The second kappa shape index (κ2) is 5.51. The molecule has 0 aliphatic heterocycles. The second-order valence-corrected chi connectivity index (χ2v) is 5.24. The molecule has 0 radical (unpaired) electrons. The Morgan fingerprint density at radius 2 is 1.95 bits per heavy atom. The molecule has 3 rings (SSSR count). The van der Waals surface area contributed by atoms with Gasteiger partial charge in [-0.05, 0) is 24.5 Å². The van der Waals surface area contributed by atoms with Crippen molar-refractivity contribution in [3.63, 3.8) is 0 Å². The standard InChI is InChI=1S/C15H18FN3/c16-13-9-5-4-8-12(13)10-14-17-15(19-18-14)11-6-2-1-3-7-11/h4-5,8-9,11H,1-3,6-7,10H2,(H,17,18,19). The lowest BCUT2D eigenvalue weighted by molar-refractivity contribution is 0.429. The lowest BCUT2D eigenvalue weighted by Gasteiger charge is -2.18. The van der Waals surface area contributed by atoms with Gasteiger partial charge in [-0.3, -0.25) is 5.10 Å². The fourth-order valence-corrected chi connectivity index (χ4v) is 2.75. The van der Waals surface area contributed by atoms with Crippen LogP contribution in [0.4, 0.5) is 4.39 Å². The number of hydrogen-bond acceptors (Lipinski definition) is 2. The number of hydrogen-bond donors (Lipinski definition) is 1. The van der Waals surface area contributed by atoms with Crippen LogP contribution in [-0.2, 0) is 6.42 Å². The van der Waals surface area contributed by atoms with E-state index >= 15 is 0 Å². The highest BCUT2D eigenvalue weighted by atomic mass is 19.1. The van der Waals surface area contributed by atoms with Crippen molar-refractivity contribution in [2.75, 3.05) is 0 Å². The maximum absolute atomic E-state index is 13.6. The fraction of sp³-hybridized carbons (Fsp3) is 0.467. The largest absolute Gasteiger partial charge is 0.263 e. The molecule has 1 aliphatic rings. The molecule has 1 saturated carbocycles. The highest BCUT2D eigenvalue weighted by Crippen LogP contribution is 2.30. The van der Waals surface area contributed by atoms with Crippen LogP contribution >= 0.6 is 0 Å². The van der Waals surface area contributed by atoms with Crippen LogP contribution in [0, 0.1) is 5.82 Å². The summed E-state index contributed by atoms with van der Waals surface area (Å²) in [6.45, 7) is 0. The first-order valence-corrected chi connectivity index (χ1v) is 6.97. The van der Waals surface area contributed by atoms with Crippen LogP contribution in [0.3, 0.4) is 0 Å². The fourth-order valence-electron chi connectivity index (χ4n) is 2.75.